The van der Waals surface area contributed by atoms with E-state index in [1.807, 2.05) is 49.4 Å². The molecule has 6 rings (SSSR count). The van der Waals surface area contributed by atoms with Crippen molar-refractivity contribution in [1.82, 2.24) is 4.57 Å². The van der Waals surface area contributed by atoms with Crippen molar-refractivity contribution in [2.45, 2.75) is 6.92 Å². The van der Waals surface area contributed by atoms with Crippen molar-refractivity contribution in [3.05, 3.63) is 122 Å². The van der Waals surface area contributed by atoms with Crippen LogP contribution in [0.3, 0.4) is 0 Å². The summed E-state index contributed by atoms with van der Waals surface area (Å²) in [4.78, 5) is 0. The van der Waals surface area contributed by atoms with Crippen LogP contribution in [0.25, 0.3) is 60.5 Å². The Morgan fingerprint density at radius 3 is 2.03 bits per heavy atom. The quantitative estimate of drug-likeness (QED) is 0.206. The van der Waals surface area contributed by atoms with Gasteiger partial charge in [-0.3, -0.25) is 0 Å². The van der Waals surface area contributed by atoms with Gasteiger partial charge < -0.3 is 14.6 Å². The molecule has 0 radical (unpaired) electrons. The maximum atomic E-state index is 10.1. The number of allylic oxidation sites excluding steroid dienone is 3. The van der Waals surface area contributed by atoms with E-state index < -0.39 is 7.12 Å². The molecule has 0 aliphatic rings. The number of benzene rings is 5. The lowest BCUT2D eigenvalue weighted by Crippen LogP contribution is -2.30. The lowest BCUT2D eigenvalue weighted by molar-refractivity contribution is 0.426. The first kappa shape index (κ1) is 23.0. The van der Waals surface area contributed by atoms with Gasteiger partial charge in [0.1, 0.15) is 0 Å². The topological polar surface area (TPSA) is 45.4 Å². The molecule has 0 atom stereocenters. The number of fused-ring (bicyclic) bond motifs is 4. The largest absolute Gasteiger partial charge is 0.489 e. The van der Waals surface area contributed by atoms with Crippen molar-refractivity contribution in [3.63, 3.8) is 0 Å². The second-order valence-corrected chi connectivity index (χ2v) is 9.21. The molecular weight excluding hydrogens is 453 g/mol. The van der Waals surface area contributed by atoms with Crippen LogP contribution in [0.2, 0.25) is 0 Å². The van der Waals surface area contributed by atoms with E-state index in [9.17, 15) is 10.0 Å². The van der Waals surface area contributed by atoms with Crippen LogP contribution in [0.15, 0.2) is 122 Å². The molecule has 0 spiro atoms. The van der Waals surface area contributed by atoms with Crippen molar-refractivity contribution >= 4 is 50.9 Å². The average molecular weight is 479 g/mol. The van der Waals surface area contributed by atoms with Gasteiger partial charge in [-0.25, -0.2) is 0 Å². The summed E-state index contributed by atoms with van der Waals surface area (Å²) in [7, 11) is -1.55. The van der Waals surface area contributed by atoms with E-state index in [-0.39, 0.29) is 0 Å². The van der Waals surface area contributed by atoms with Gasteiger partial charge in [-0.1, -0.05) is 91.5 Å². The fourth-order valence-electron chi connectivity index (χ4n) is 5.44. The predicted octanol–water partition coefficient (Wildman–Crippen LogP) is 7.01. The molecule has 3 nitrogen and oxygen atoms in total. The summed E-state index contributed by atoms with van der Waals surface area (Å²) in [5, 5.41) is 24.3. The van der Waals surface area contributed by atoms with Crippen LogP contribution in [-0.2, 0) is 0 Å². The SMILES string of the molecule is C=C/C(=C\C)n1c2ccc(-c3ccccc3)cc2c2cc(-c3cccc4cccc(B(O)O)c34)ccc21. The number of rotatable bonds is 5. The standard InChI is InChI=1S/C33H26BNO2/c1-3-26(4-2)35-31-18-16-24(22-10-6-5-7-11-22)20-28(31)29-21-25(17-19-32(29)35)27-14-8-12-23-13-9-15-30(33(23)27)34(36)37/h3-21,36-37H,1H2,2H3/b26-4+. The van der Waals surface area contributed by atoms with Crippen molar-refractivity contribution in [1.29, 1.82) is 0 Å². The van der Waals surface area contributed by atoms with Crippen LogP contribution >= 0.6 is 0 Å². The second kappa shape index (κ2) is 9.25. The van der Waals surface area contributed by atoms with Gasteiger partial charge in [0.2, 0.25) is 0 Å². The van der Waals surface area contributed by atoms with Gasteiger partial charge in [0, 0.05) is 16.5 Å². The Morgan fingerprint density at radius 1 is 0.730 bits per heavy atom. The molecule has 178 valence electrons. The highest BCUT2D eigenvalue weighted by molar-refractivity contribution is 6.62. The zero-order valence-corrected chi connectivity index (χ0v) is 20.6. The Balaban J connectivity index is 1.68. The van der Waals surface area contributed by atoms with E-state index in [2.05, 4.69) is 77.9 Å². The molecule has 1 aromatic heterocycles. The van der Waals surface area contributed by atoms with Crippen LogP contribution < -0.4 is 5.46 Å². The highest BCUT2D eigenvalue weighted by atomic mass is 16.4. The van der Waals surface area contributed by atoms with Gasteiger partial charge in [0.05, 0.1) is 11.0 Å². The van der Waals surface area contributed by atoms with Crippen LogP contribution in [0.5, 0.6) is 0 Å². The minimum absolute atomic E-state index is 0.504. The summed E-state index contributed by atoms with van der Waals surface area (Å²) >= 11 is 0. The smallest absolute Gasteiger partial charge is 0.423 e. The molecule has 2 N–H and O–H groups in total. The van der Waals surface area contributed by atoms with Crippen molar-refractivity contribution in [2.24, 2.45) is 0 Å². The average Bonchev–Trinajstić information content (AvgIpc) is 3.26. The van der Waals surface area contributed by atoms with E-state index in [0.717, 1.165) is 55.0 Å². The molecule has 0 aliphatic heterocycles. The Kier molecular flexibility index (Phi) is 5.76. The Hall–Kier alpha value is -4.38. The van der Waals surface area contributed by atoms with Crippen molar-refractivity contribution in [3.8, 4) is 22.3 Å². The van der Waals surface area contributed by atoms with Gasteiger partial charge >= 0.3 is 7.12 Å². The number of aromatic nitrogens is 1. The van der Waals surface area contributed by atoms with Gasteiger partial charge in [-0.05, 0) is 75.8 Å². The zero-order chi connectivity index (χ0) is 25.5. The summed E-state index contributed by atoms with van der Waals surface area (Å²) in [6, 6.07) is 35.2. The number of hydrogen-bond acceptors (Lipinski definition) is 2. The highest BCUT2D eigenvalue weighted by Gasteiger charge is 2.19. The Morgan fingerprint density at radius 2 is 1.38 bits per heavy atom. The third kappa shape index (κ3) is 3.79. The van der Waals surface area contributed by atoms with E-state index in [1.54, 1.807) is 6.07 Å². The van der Waals surface area contributed by atoms with E-state index in [0.29, 0.717) is 5.46 Å². The van der Waals surface area contributed by atoms with Crippen molar-refractivity contribution in [2.75, 3.05) is 0 Å². The van der Waals surface area contributed by atoms with Gasteiger partial charge in [-0.15, -0.1) is 0 Å². The molecule has 0 amide bonds. The molecule has 6 aromatic rings. The van der Waals surface area contributed by atoms with Crippen LogP contribution in [0.4, 0.5) is 0 Å². The molecule has 0 saturated carbocycles. The summed E-state index contributed by atoms with van der Waals surface area (Å²) < 4.78 is 2.25. The second-order valence-electron chi connectivity index (χ2n) is 9.21. The van der Waals surface area contributed by atoms with E-state index in [1.165, 1.54) is 5.56 Å². The Labute approximate surface area is 216 Å². The minimum Gasteiger partial charge on any atom is -0.423 e. The summed E-state index contributed by atoms with van der Waals surface area (Å²) in [5.74, 6) is 0. The molecule has 0 aliphatic carbocycles. The Bertz CT molecular complexity index is 1830. The van der Waals surface area contributed by atoms with Gasteiger partial charge in [0.15, 0.2) is 0 Å². The van der Waals surface area contributed by atoms with Crippen LogP contribution in [0, 0.1) is 0 Å². The third-order valence-corrected chi connectivity index (χ3v) is 7.16. The van der Waals surface area contributed by atoms with E-state index >= 15 is 0 Å². The maximum Gasteiger partial charge on any atom is 0.489 e. The third-order valence-electron chi connectivity index (χ3n) is 7.16. The molecule has 0 saturated heterocycles. The summed E-state index contributed by atoms with van der Waals surface area (Å²) in [5.41, 5.74) is 8.07. The molecule has 1 heterocycles. The summed E-state index contributed by atoms with van der Waals surface area (Å²) in [6.07, 6.45) is 3.96. The van der Waals surface area contributed by atoms with Crippen LogP contribution in [0.1, 0.15) is 6.92 Å². The summed E-state index contributed by atoms with van der Waals surface area (Å²) in [6.45, 7) is 6.08. The highest BCUT2D eigenvalue weighted by Crippen LogP contribution is 2.38. The fourth-order valence-corrected chi connectivity index (χ4v) is 5.44. The van der Waals surface area contributed by atoms with Crippen molar-refractivity contribution < 1.29 is 10.0 Å². The monoisotopic (exact) mass is 479 g/mol. The molecule has 5 aromatic carbocycles. The van der Waals surface area contributed by atoms with E-state index in [4.69, 9.17) is 0 Å². The normalized spacial score (nSPS) is 11.9. The molecular formula is C33H26BNO2. The fraction of sp³-hybridized carbons (Fsp3) is 0.0303. The lowest BCUT2D eigenvalue weighted by atomic mass is 9.75. The maximum absolute atomic E-state index is 10.1. The number of nitrogens with zero attached hydrogens (tertiary/aromatic N) is 1. The molecule has 4 heteroatoms. The zero-order valence-electron chi connectivity index (χ0n) is 20.6. The van der Waals surface area contributed by atoms with Gasteiger partial charge in [-0.2, -0.15) is 0 Å². The molecule has 0 bridgehead atoms. The first-order valence-electron chi connectivity index (χ1n) is 12.4. The first-order valence-corrected chi connectivity index (χ1v) is 12.4. The minimum atomic E-state index is -1.55. The van der Waals surface area contributed by atoms with Gasteiger partial charge in [0.25, 0.3) is 0 Å². The first-order chi connectivity index (χ1) is 18.1. The lowest BCUT2D eigenvalue weighted by Gasteiger charge is -2.12. The molecule has 0 unspecified atom stereocenters. The molecule has 37 heavy (non-hydrogen) atoms. The predicted molar refractivity (Wildman–Crippen MR) is 158 cm³/mol. The number of hydrogen-bond donors (Lipinski definition) is 2. The molecule has 0 fully saturated rings. The van der Waals surface area contributed by atoms with Crippen LogP contribution in [-0.4, -0.2) is 21.7 Å².